The van der Waals surface area contributed by atoms with Crippen LogP contribution in [0.5, 0.6) is 0 Å². The Morgan fingerprint density at radius 1 is 1.22 bits per heavy atom. The molecule has 1 aromatic heterocycles. The van der Waals surface area contributed by atoms with Gasteiger partial charge < -0.3 is 10.2 Å². The Labute approximate surface area is 155 Å². The van der Waals surface area contributed by atoms with Crippen LogP contribution in [0.15, 0.2) is 18.3 Å². The number of amides is 1. The summed E-state index contributed by atoms with van der Waals surface area (Å²) in [6, 6.07) is 2.05. The first-order valence-electron chi connectivity index (χ1n) is 8.63. The first-order valence-corrected chi connectivity index (χ1v) is 10.4. The molecule has 0 bridgehead atoms. The molecule has 0 aromatic carbocycles. The predicted molar refractivity (Wildman–Crippen MR) is 93.1 cm³/mol. The van der Waals surface area contributed by atoms with Crippen LogP contribution < -0.4 is 10.2 Å². The van der Waals surface area contributed by atoms with Crippen molar-refractivity contribution < 1.29 is 26.4 Å². The Morgan fingerprint density at radius 3 is 2.44 bits per heavy atom. The Morgan fingerprint density at radius 2 is 1.93 bits per heavy atom. The number of hydrogen-bond donors (Lipinski definition) is 1. The number of halogens is 3. The van der Waals surface area contributed by atoms with Crippen molar-refractivity contribution >= 4 is 21.6 Å². The van der Waals surface area contributed by atoms with Crippen LogP contribution in [0.2, 0.25) is 0 Å². The van der Waals surface area contributed by atoms with Gasteiger partial charge in [-0.15, -0.1) is 0 Å². The van der Waals surface area contributed by atoms with E-state index < -0.39 is 21.6 Å². The van der Waals surface area contributed by atoms with Crippen LogP contribution in [0.4, 0.5) is 19.0 Å². The molecule has 2 saturated heterocycles. The van der Waals surface area contributed by atoms with Crippen LogP contribution >= 0.6 is 0 Å². The van der Waals surface area contributed by atoms with Gasteiger partial charge in [0, 0.05) is 38.4 Å². The maximum atomic E-state index is 12.6. The molecule has 27 heavy (non-hydrogen) atoms. The molecule has 0 radical (unpaired) electrons. The third-order valence-electron chi connectivity index (χ3n) is 4.74. The number of nitrogens with zero attached hydrogens (tertiary/aromatic N) is 3. The SMILES string of the molecule is O=C(CN1CCN(c2ccc(C(F)(F)F)cn2)CC1)NC1CCS(=O)(=O)C1. The zero-order valence-electron chi connectivity index (χ0n) is 14.6. The summed E-state index contributed by atoms with van der Waals surface area (Å²) in [5, 5.41) is 2.75. The van der Waals surface area contributed by atoms with E-state index in [4.69, 9.17) is 0 Å². The second kappa shape index (κ2) is 7.63. The van der Waals surface area contributed by atoms with Crippen LogP contribution in [0.3, 0.4) is 0 Å². The van der Waals surface area contributed by atoms with E-state index in [-0.39, 0.29) is 30.0 Å². The lowest BCUT2D eigenvalue weighted by atomic mass is 10.2. The van der Waals surface area contributed by atoms with Crippen LogP contribution in [0.25, 0.3) is 0 Å². The number of sulfone groups is 1. The summed E-state index contributed by atoms with van der Waals surface area (Å²) >= 11 is 0. The van der Waals surface area contributed by atoms with Gasteiger partial charge in [0.25, 0.3) is 0 Å². The maximum absolute atomic E-state index is 12.6. The molecule has 2 fully saturated rings. The van der Waals surface area contributed by atoms with Crippen LogP contribution in [0, 0.1) is 0 Å². The van der Waals surface area contributed by atoms with Crippen LogP contribution in [0.1, 0.15) is 12.0 Å². The molecule has 1 N–H and O–H groups in total. The summed E-state index contributed by atoms with van der Waals surface area (Å²) in [5.74, 6) is 0.365. The van der Waals surface area contributed by atoms with E-state index in [1.807, 2.05) is 9.80 Å². The van der Waals surface area contributed by atoms with Gasteiger partial charge in [-0.1, -0.05) is 0 Å². The lowest BCUT2D eigenvalue weighted by molar-refractivity contribution is -0.137. The number of rotatable bonds is 4. The van der Waals surface area contributed by atoms with E-state index in [0.29, 0.717) is 38.4 Å². The van der Waals surface area contributed by atoms with Crippen molar-refractivity contribution in [2.45, 2.75) is 18.6 Å². The van der Waals surface area contributed by atoms with Gasteiger partial charge in [-0.2, -0.15) is 13.2 Å². The number of carbonyl (C=O) groups excluding carboxylic acids is 1. The number of carbonyl (C=O) groups is 1. The molecule has 1 amide bonds. The van der Waals surface area contributed by atoms with E-state index >= 15 is 0 Å². The molecule has 7 nitrogen and oxygen atoms in total. The number of alkyl halides is 3. The molecular formula is C16H21F3N4O3S. The largest absolute Gasteiger partial charge is 0.417 e. The molecule has 3 rings (SSSR count). The van der Waals surface area contributed by atoms with Crippen molar-refractivity contribution in [3.63, 3.8) is 0 Å². The van der Waals surface area contributed by atoms with Crippen molar-refractivity contribution in [3.05, 3.63) is 23.9 Å². The molecule has 2 aliphatic heterocycles. The lowest BCUT2D eigenvalue weighted by Gasteiger charge is -2.35. The van der Waals surface area contributed by atoms with Crippen molar-refractivity contribution in [2.75, 3.05) is 49.1 Å². The third-order valence-corrected chi connectivity index (χ3v) is 6.50. The molecule has 3 heterocycles. The highest BCUT2D eigenvalue weighted by atomic mass is 32.2. The fraction of sp³-hybridized carbons (Fsp3) is 0.625. The molecule has 1 aromatic rings. The summed E-state index contributed by atoms with van der Waals surface area (Å²) in [6.45, 7) is 2.40. The molecule has 2 aliphatic rings. The Kier molecular flexibility index (Phi) is 5.61. The Hall–Kier alpha value is -1.88. The number of nitrogens with one attached hydrogen (secondary N) is 1. The second-order valence-corrected chi connectivity index (χ2v) is 9.06. The van der Waals surface area contributed by atoms with E-state index in [9.17, 15) is 26.4 Å². The summed E-state index contributed by atoms with van der Waals surface area (Å²) in [6.07, 6.45) is -3.14. The minimum atomic E-state index is -4.41. The fourth-order valence-corrected chi connectivity index (χ4v) is 4.93. The van der Waals surface area contributed by atoms with Crippen molar-refractivity contribution in [3.8, 4) is 0 Å². The first kappa shape index (κ1) is 19.9. The van der Waals surface area contributed by atoms with E-state index in [1.54, 1.807) is 0 Å². The number of hydrogen-bond acceptors (Lipinski definition) is 6. The number of anilines is 1. The number of aromatic nitrogens is 1. The standard InChI is InChI=1S/C16H21F3N4O3S/c17-16(18,19)12-1-2-14(20-9-12)23-6-4-22(5-7-23)10-15(24)21-13-3-8-27(25,26)11-13/h1-2,9,13H,3-8,10-11H2,(H,21,24). The third kappa shape index (κ3) is 5.32. The van der Waals surface area contributed by atoms with Gasteiger partial charge >= 0.3 is 6.18 Å². The minimum absolute atomic E-state index is 0.00783. The molecule has 1 atom stereocenters. The molecule has 0 aliphatic carbocycles. The summed E-state index contributed by atoms with van der Waals surface area (Å²) in [5.41, 5.74) is -0.782. The first-order chi connectivity index (χ1) is 12.6. The topological polar surface area (TPSA) is 82.6 Å². The molecule has 11 heteroatoms. The minimum Gasteiger partial charge on any atom is -0.354 e. The average molecular weight is 406 g/mol. The van der Waals surface area contributed by atoms with Gasteiger partial charge in [-0.05, 0) is 18.6 Å². The highest BCUT2D eigenvalue weighted by Gasteiger charge is 2.31. The van der Waals surface area contributed by atoms with Gasteiger partial charge in [-0.25, -0.2) is 13.4 Å². The zero-order chi connectivity index (χ0) is 19.7. The Balaban J connectivity index is 1.45. The Bertz CT molecular complexity index is 775. The van der Waals surface area contributed by atoms with Crippen LogP contribution in [-0.2, 0) is 20.8 Å². The normalized spacial score (nSPS) is 23.4. The number of piperazine rings is 1. The second-order valence-electron chi connectivity index (χ2n) is 6.83. The smallest absolute Gasteiger partial charge is 0.354 e. The van der Waals surface area contributed by atoms with Crippen molar-refractivity contribution in [1.82, 2.24) is 15.2 Å². The van der Waals surface area contributed by atoms with Crippen LogP contribution in [-0.4, -0.2) is 74.5 Å². The lowest BCUT2D eigenvalue weighted by Crippen LogP contribution is -2.50. The van der Waals surface area contributed by atoms with Gasteiger partial charge in [0.2, 0.25) is 5.91 Å². The number of pyridine rings is 1. The van der Waals surface area contributed by atoms with Crippen molar-refractivity contribution in [1.29, 1.82) is 0 Å². The molecule has 0 spiro atoms. The van der Waals surface area contributed by atoms with Gasteiger partial charge in [0.05, 0.1) is 23.6 Å². The highest BCUT2D eigenvalue weighted by Crippen LogP contribution is 2.29. The fourth-order valence-electron chi connectivity index (χ4n) is 3.26. The van der Waals surface area contributed by atoms with E-state index in [2.05, 4.69) is 10.3 Å². The van der Waals surface area contributed by atoms with E-state index in [0.717, 1.165) is 12.3 Å². The molecule has 1 unspecified atom stereocenters. The maximum Gasteiger partial charge on any atom is 0.417 e. The van der Waals surface area contributed by atoms with Gasteiger partial charge in [0.1, 0.15) is 5.82 Å². The predicted octanol–water partition coefficient (Wildman–Crippen LogP) is 0.526. The van der Waals surface area contributed by atoms with Gasteiger partial charge in [0.15, 0.2) is 9.84 Å². The highest BCUT2D eigenvalue weighted by molar-refractivity contribution is 7.91. The molecular weight excluding hydrogens is 385 g/mol. The molecule has 0 saturated carbocycles. The van der Waals surface area contributed by atoms with E-state index in [1.165, 1.54) is 6.07 Å². The summed E-state index contributed by atoms with van der Waals surface area (Å²) in [7, 11) is -3.04. The zero-order valence-corrected chi connectivity index (χ0v) is 15.4. The van der Waals surface area contributed by atoms with Gasteiger partial charge in [-0.3, -0.25) is 9.69 Å². The summed E-state index contributed by atoms with van der Waals surface area (Å²) < 4.78 is 60.6. The summed E-state index contributed by atoms with van der Waals surface area (Å²) in [4.78, 5) is 19.8. The average Bonchev–Trinajstić information content (AvgIpc) is 2.93. The van der Waals surface area contributed by atoms with Crippen molar-refractivity contribution in [2.24, 2.45) is 0 Å². The quantitative estimate of drug-likeness (QED) is 0.786. The molecule has 150 valence electrons. The monoisotopic (exact) mass is 406 g/mol.